The number of phenols is 1. The van der Waals surface area contributed by atoms with Gasteiger partial charge in [0.1, 0.15) is 17.4 Å². The first kappa shape index (κ1) is 14.0. The van der Waals surface area contributed by atoms with Crippen LogP contribution in [0.4, 0.5) is 0 Å². The molecule has 0 spiro atoms. The van der Waals surface area contributed by atoms with Crippen molar-refractivity contribution in [2.75, 3.05) is 0 Å². The SMILES string of the molecule is CC(C)c1[nH]nc2c1[C@H](c1ccc(O)cc1)C(C#N)=C(N)O2. The van der Waals surface area contributed by atoms with E-state index in [0.717, 1.165) is 16.8 Å². The molecule has 2 aromatic rings. The summed E-state index contributed by atoms with van der Waals surface area (Å²) in [6.07, 6.45) is 0. The van der Waals surface area contributed by atoms with Crippen molar-refractivity contribution in [1.82, 2.24) is 10.2 Å². The number of H-pyrrole nitrogens is 1. The highest BCUT2D eigenvalue weighted by atomic mass is 16.5. The Bertz CT molecular complexity index is 781. The topological polar surface area (TPSA) is 108 Å². The molecule has 0 amide bonds. The zero-order chi connectivity index (χ0) is 15.9. The van der Waals surface area contributed by atoms with Crippen LogP contribution in [0.15, 0.2) is 35.7 Å². The fourth-order valence-corrected chi connectivity index (χ4v) is 2.71. The fraction of sp³-hybridized carbons (Fsp3) is 0.250. The standard InChI is InChI=1S/C16H16N4O2/c1-8(2)14-13-12(9-3-5-10(21)6-4-9)11(7-17)15(18)22-16(13)20-19-14/h3-6,8,12,21H,18H2,1-2H3,(H,19,20)/t12-/m1/s1. The predicted octanol–water partition coefficient (Wildman–Crippen LogP) is 2.46. The summed E-state index contributed by atoms with van der Waals surface area (Å²) < 4.78 is 5.48. The number of allylic oxidation sites excluding steroid dienone is 1. The lowest BCUT2D eigenvalue weighted by Gasteiger charge is -2.24. The zero-order valence-corrected chi connectivity index (χ0v) is 12.3. The van der Waals surface area contributed by atoms with Crippen LogP contribution in [-0.4, -0.2) is 15.3 Å². The van der Waals surface area contributed by atoms with E-state index in [1.807, 2.05) is 13.8 Å². The molecule has 0 bridgehead atoms. The van der Waals surface area contributed by atoms with E-state index >= 15 is 0 Å². The van der Waals surface area contributed by atoms with Crippen LogP contribution in [-0.2, 0) is 0 Å². The number of nitrogens with zero attached hydrogens (tertiary/aromatic N) is 2. The predicted molar refractivity (Wildman–Crippen MR) is 80.1 cm³/mol. The molecule has 0 unspecified atom stereocenters. The second kappa shape index (κ2) is 5.11. The number of fused-ring (bicyclic) bond motifs is 1. The molecule has 112 valence electrons. The first-order valence-corrected chi connectivity index (χ1v) is 6.97. The third-order valence-corrected chi connectivity index (χ3v) is 3.77. The summed E-state index contributed by atoms with van der Waals surface area (Å²) in [6, 6.07) is 8.86. The van der Waals surface area contributed by atoms with Crippen molar-refractivity contribution in [3.63, 3.8) is 0 Å². The van der Waals surface area contributed by atoms with E-state index in [1.54, 1.807) is 24.3 Å². The van der Waals surface area contributed by atoms with Crippen molar-refractivity contribution >= 4 is 0 Å². The van der Waals surface area contributed by atoms with Gasteiger partial charge in [-0.1, -0.05) is 26.0 Å². The van der Waals surface area contributed by atoms with E-state index < -0.39 is 0 Å². The molecule has 3 rings (SSSR count). The molecule has 4 N–H and O–H groups in total. The van der Waals surface area contributed by atoms with Gasteiger partial charge in [-0.05, 0) is 23.6 Å². The first-order valence-electron chi connectivity index (χ1n) is 6.97. The Hall–Kier alpha value is -2.94. The summed E-state index contributed by atoms with van der Waals surface area (Å²) in [5.41, 5.74) is 8.82. The van der Waals surface area contributed by atoms with E-state index in [9.17, 15) is 10.4 Å². The van der Waals surface area contributed by atoms with Crippen molar-refractivity contribution in [3.8, 4) is 17.7 Å². The number of aromatic nitrogens is 2. The van der Waals surface area contributed by atoms with Gasteiger partial charge in [-0.25, -0.2) is 0 Å². The summed E-state index contributed by atoms with van der Waals surface area (Å²) in [6.45, 7) is 4.07. The molecule has 1 atom stereocenters. The average molecular weight is 296 g/mol. The molecule has 0 saturated carbocycles. The largest absolute Gasteiger partial charge is 0.508 e. The maximum atomic E-state index is 9.49. The molecule has 6 heteroatoms. The second-order valence-electron chi connectivity index (χ2n) is 5.53. The van der Waals surface area contributed by atoms with Gasteiger partial charge < -0.3 is 15.6 Å². The quantitative estimate of drug-likeness (QED) is 0.789. The number of nitrogens with one attached hydrogen (secondary N) is 1. The van der Waals surface area contributed by atoms with Crippen LogP contribution in [0.2, 0.25) is 0 Å². The average Bonchev–Trinajstić information content (AvgIpc) is 2.90. The summed E-state index contributed by atoms with van der Waals surface area (Å²) >= 11 is 0. The Balaban J connectivity index is 2.23. The van der Waals surface area contributed by atoms with Gasteiger partial charge in [-0.15, -0.1) is 5.10 Å². The molecule has 1 aromatic heterocycles. The van der Waals surface area contributed by atoms with Gasteiger partial charge in [0.05, 0.1) is 11.5 Å². The Morgan fingerprint density at radius 3 is 2.64 bits per heavy atom. The van der Waals surface area contributed by atoms with E-state index in [1.165, 1.54) is 0 Å². The monoisotopic (exact) mass is 296 g/mol. The molecular weight excluding hydrogens is 280 g/mol. The lowest BCUT2D eigenvalue weighted by atomic mass is 9.82. The van der Waals surface area contributed by atoms with E-state index in [2.05, 4.69) is 16.3 Å². The van der Waals surface area contributed by atoms with E-state index in [4.69, 9.17) is 10.5 Å². The van der Waals surface area contributed by atoms with Crippen LogP contribution in [0.1, 0.15) is 42.5 Å². The minimum Gasteiger partial charge on any atom is -0.508 e. The van der Waals surface area contributed by atoms with Crippen LogP contribution in [0.25, 0.3) is 0 Å². The minimum atomic E-state index is -0.356. The normalized spacial score (nSPS) is 17.1. The molecule has 1 aromatic carbocycles. The molecule has 2 heterocycles. The van der Waals surface area contributed by atoms with Crippen molar-refractivity contribution in [3.05, 3.63) is 52.5 Å². The molecule has 1 aliphatic rings. The third kappa shape index (κ3) is 2.07. The van der Waals surface area contributed by atoms with Crippen molar-refractivity contribution in [1.29, 1.82) is 5.26 Å². The smallest absolute Gasteiger partial charge is 0.244 e. The van der Waals surface area contributed by atoms with Crippen LogP contribution < -0.4 is 10.5 Å². The maximum absolute atomic E-state index is 9.49. The zero-order valence-electron chi connectivity index (χ0n) is 12.3. The molecule has 6 nitrogen and oxygen atoms in total. The van der Waals surface area contributed by atoms with Crippen LogP contribution >= 0.6 is 0 Å². The van der Waals surface area contributed by atoms with Gasteiger partial charge in [-0.3, -0.25) is 5.10 Å². The minimum absolute atomic E-state index is 0.0647. The highest BCUT2D eigenvalue weighted by molar-refractivity contribution is 5.55. The second-order valence-corrected chi connectivity index (χ2v) is 5.53. The lowest BCUT2D eigenvalue weighted by molar-refractivity contribution is 0.378. The number of rotatable bonds is 2. The number of phenolic OH excluding ortho intramolecular Hbond substituents is 1. The van der Waals surface area contributed by atoms with Gasteiger partial charge >= 0.3 is 0 Å². The van der Waals surface area contributed by atoms with Crippen molar-refractivity contribution < 1.29 is 9.84 Å². The molecule has 0 fully saturated rings. The number of aromatic amines is 1. The van der Waals surface area contributed by atoms with Crippen LogP contribution in [0.5, 0.6) is 11.6 Å². The lowest BCUT2D eigenvalue weighted by Crippen LogP contribution is -2.21. The molecule has 22 heavy (non-hydrogen) atoms. The summed E-state index contributed by atoms with van der Waals surface area (Å²) in [4.78, 5) is 0. The fourth-order valence-electron chi connectivity index (χ4n) is 2.71. The van der Waals surface area contributed by atoms with Crippen LogP contribution in [0.3, 0.4) is 0 Å². The Morgan fingerprint density at radius 2 is 2.05 bits per heavy atom. The third-order valence-electron chi connectivity index (χ3n) is 3.77. The Morgan fingerprint density at radius 1 is 1.36 bits per heavy atom. The summed E-state index contributed by atoms with van der Waals surface area (Å²) in [5, 5.41) is 26.1. The summed E-state index contributed by atoms with van der Waals surface area (Å²) in [7, 11) is 0. The molecule has 0 saturated heterocycles. The van der Waals surface area contributed by atoms with Gasteiger partial charge in [0, 0.05) is 5.69 Å². The van der Waals surface area contributed by atoms with Gasteiger partial charge in [0.25, 0.3) is 0 Å². The van der Waals surface area contributed by atoms with Gasteiger partial charge in [0.15, 0.2) is 0 Å². The first-order chi connectivity index (χ1) is 10.5. The molecular formula is C16H16N4O2. The number of hydrogen-bond donors (Lipinski definition) is 3. The van der Waals surface area contributed by atoms with Gasteiger partial charge in [-0.2, -0.15) is 5.26 Å². The van der Waals surface area contributed by atoms with E-state index in [-0.39, 0.29) is 23.5 Å². The molecule has 0 radical (unpaired) electrons. The van der Waals surface area contributed by atoms with Crippen LogP contribution in [0, 0.1) is 11.3 Å². The number of nitrogens with two attached hydrogens (primary N) is 1. The molecule has 1 aliphatic heterocycles. The highest BCUT2D eigenvalue weighted by Gasteiger charge is 2.35. The maximum Gasteiger partial charge on any atom is 0.244 e. The number of aromatic hydroxyl groups is 1. The van der Waals surface area contributed by atoms with Gasteiger partial charge in [0.2, 0.25) is 11.8 Å². The van der Waals surface area contributed by atoms with Crippen molar-refractivity contribution in [2.45, 2.75) is 25.7 Å². The van der Waals surface area contributed by atoms with E-state index in [0.29, 0.717) is 11.5 Å². The number of nitriles is 1. The Kier molecular flexibility index (Phi) is 3.26. The number of hydrogen-bond acceptors (Lipinski definition) is 5. The highest BCUT2D eigenvalue weighted by Crippen LogP contribution is 2.44. The Labute approximate surface area is 127 Å². The van der Waals surface area contributed by atoms with Crippen molar-refractivity contribution in [2.24, 2.45) is 5.73 Å². The number of benzene rings is 1. The number of ether oxygens (including phenoxy) is 1. The summed E-state index contributed by atoms with van der Waals surface area (Å²) in [5.74, 6) is 0.472. The molecule has 0 aliphatic carbocycles.